The van der Waals surface area contributed by atoms with Gasteiger partial charge in [-0.1, -0.05) is 6.07 Å². The molecule has 0 spiro atoms. The number of imidazole rings is 1. The number of nitro groups is 1. The maximum Gasteiger partial charge on any atom is 0.329 e. The van der Waals surface area contributed by atoms with Gasteiger partial charge in [-0.3, -0.25) is 10.1 Å². The van der Waals surface area contributed by atoms with E-state index in [2.05, 4.69) is 25.3 Å². The molecule has 0 aliphatic heterocycles. The summed E-state index contributed by atoms with van der Waals surface area (Å²) in [5.74, 6) is -0.0151. The molecule has 2 aromatic heterocycles. The lowest BCUT2D eigenvalue weighted by Crippen LogP contribution is -2.07. The molecule has 112 valence electrons. The zero-order valence-corrected chi connectivity index (χ0v) is 11.2. The number of fused-ring (bicyclic) bond motifs is 1. The molecule has 0 unspecified atom stereocenters. The Balaban J connectivity index is 1.77. The minimum atomic E-state index is -0.644. The van der Waals surface area contributed by atoms with Crippen LogP contribution in [-0.4, -0.2) is 24.9 Å². The first kappa shape index (κ1) is 13.5. The van der Waals surface area contributed by atoms with Crippen LogP contribution in [-0.2, 0) is 6.54 Å². The fourth-order valence-electron chi connectivity index (χ4n) is 1.99. The Morgan fingerprint density at radius 2 is 2.09 bits per heavy atom. The number of rotatable bonds is 4. The summed E-state index contributed by atoms with van der Waals surface area (Å²) in [5, 5.41) is 13.5. The SMILES string of the molecule is Nc1nc(NCc2ccc3[nH]c(=O)[nH]c3c2)ncc1[N+](=O)[O-]. The molecule has 0 amide bonds. The Bertz CT molecular complexity index is 914. The number of anilines is 2. The number of aromatic nitrogens is 4. The molecule has 5 N–H and O–H groups in total. The molecular weight excluding hydrogens is 290 g/mol. The van der Waals surface area contributed by atoms with Gasteiger partial charge < -0.3 is 21.0 Å². The molecule has 0 aliphatic rings. The van der Waals surface area contributed by atoms with E-state index >= 15 is 0 Å². The van der Waals surface area contributed by atoms with Crippen molar-refractivity contribution in [2.75, 3.05) is 11.1 Å². The number of benzene rings is 1. The third-order valence-corrected chi connectivity index (χ3v) is 3.03. The number of nitrogen functional groups attached to an aromatic ring is 1. The summed E-state index contributed by atoms with van der Waals surface area (Å²) >= 11 is 0. The van der Waals surface area contributed by atoms with Crippen LogP contribution in [0.2, 0.25) is 0 Å². The van der Waals surface area contributed by atoms with E-state index in [0.29, 0.717) is 17.6 Å². The zero-order chi connectivity index (χ0) is 15.7. The fourth-order valence-corrected chi connectivity index (χ4v) is 1.99. The summed E-state index contributed by atoms with van der Waals surface area (Å²) < 4.78 is 0. The van der Waals surface area contributed by atoms with Crippen molar-refractivity contribution in [3.63, 3.8) is 0 Å². The van der Waals surface area contributed by atoms with Gasteiger partial charge in [0.2, 0.25) is 11.8 Å². The van der Waals surface area contributed by atoms with Crippen LogP contribution in [0.4, 0.5) is 17.5 Å². The minimum Gasteiger partial charge on any atom is -0.378 e. The lowest BCUT2D eigenvalue weighted by Gasteiger charge is -2.05. The van der Waals surface area contributed by atoms with Crippen molar-refractivity contribution in [3.8, 4) is 0 Å². The van der Waals surface area contributed by atoms with Crippen LogP contribution >= 0.6 is 0 Å². The predicted octanol–water partition coefficient (Wildman–Crippen LogP) is 0.749. The van der Waals surface area contributed by atoms with Gasteiger partial charge in [0.05, 0.1) is 16.0 Å². The van der Waals surface area contributed by atoms with Crippen molar-refractivity contribution in [1.82, 2.24) is 19.9 Å². The normalized spacial score (nSPS) is 10.7. The van der Waals surface area contributed by atoms with Crippen LogP contribution in [0.25, 0.3) is 11.0 Å². The van der Waals surface area contributed by atoms with Crippen LogP contribution < -0.4 is 16.7 Å². The Morgan fingerprint density at radius 1 is 1.32 bits per heavy atom. The van der Waals surface area contributed by atoms with E-state index in [-0.39, 0.29) is 23.1 Å². The van der Waals surface area contributed by atoms with Gasteiger partial charge in [-0.05, 0) is 17.7 Å². The largest absolute Gasteiger partial charge is 0.378 e. The molecule has 0 bridgehead atoms. The number of aromatic amines is 2. The average molecular weight is 301 g/mol. The summed E-state index contributed by atoms with van der Waals surface area (Å²) in [7, 11) is 0. The molecule has 3 rings (SSSR count). The maximum absolute atomic E-state index is 11.2. The Labute approximate surface area is 122 Å². The highest BCUT2D eigenvalue weighted by Gasteiger charge is 2.13. The lowest BCUT2D eigenvalue weighted by atomic mass is 10.2. The number of H-pyrrole nitrogens is 2. The second-order valence-corrected chi connectivity index (χ2v) is 4.53. The molecule has 0 radical (unpaired) electrons. The van der Waals surface area contributed by atoms with Crippen molar-refractivity contribution in [1.29, 1.82) is 0 Å². The van der Waals surface area contributed by atoms with Gasteiger partial charge in [-0.2, -0.15) is 4.98 Å². The predicted molar refractivity (Wildman–Crippen MR) is 79.3 cm³/mol. The number of nitrogens with one attached hydrogen (secondary N) is 3. The van der Waals surface area contributed by atoms with E-state index in [1.54, 1.807) is 12.1 Å². The highest BCUT2D eigenvalue weighted by Crippen LogP contribution is 2.18. The van der Waals surface area contributed by atoms with Gasteiger partial charge in [0.15, 0.2) is 0 Å². The number of hydrogen-bond acceptors (Lipinski definition) is 7. The van der Waals surface area contributed by atoms with E-state index in [1.807, 2.05) is 6.07 Å². The van der Waals surface area contributed by atoms with Gasteiger partial charge in [-0.25, -0.2) is 9.78 Å². The van der Waals surface area contributed by atoms with Crippen LogP contribution in [0, 0.1) is 10.1 Å². The highest BCUT2D eigenvalue weighted by molar-refractivity contribution is 5.75. The third-order valence-electron chi connectivity index (χ3n) is 3.03. The quantitative estimate of drug-likeness (QED) is 0.409. The molecule has 1 aromatic carbocycles. The molecule has 0 saturated heterocycles. The number of nitrogens with two attached hydrogens (primary N) is 1. The lowest BCUT2D eigenvalue weighted by molar-refractivity contribution is -0.384. The number of nitrogens with zero attached hydrogens (tertiary/aromatic N) is 3. The summed E-state index contributed by atoms with van der Waals surface area (Å²) in [4.78, 5) is 34.1. The van der Waals surface area contributed by atoms with Gasteiger partial charge >= 0.3 is 11.4 Å². The van der Waals surface area contributed by atoms with Crippen molar-refractivity contribution in [2.24, 2.45) is 0 Å². The van der Waals surface area contributed by atoms with Gasteiger partial charge in [0, 0.05) is 6.54 Å². The first-order valence-corrected chi connectivity index (χ1v) is 6.24. The summed E-state index contributed by atoms with van der Waals surface area (Å²) in [6.45, 7) is 0.375. The zero-order valence-electron chi connectivity index (χ0n) is 11.2. The second-order valence-electron chi connectivity index (χ2n) is 4.53. The van der Waals surface area contributed by atoms with Gasteiger partial charge in [-0.15, -0.1) is 0 Å². The monoisotopic (exact) mass is 301 g/mol. The van der Waals surface area contributed by atoms with Crippen LogP contribution in [0.1, 0.15) is 5.56 Å². The van der Waals surface area contributed by atoms with Crippen LogP contribution in [0.3, 0.4) is 0 Å². The smallest absolute Gasteiger partial charge is 0.329 e. The standard InChI is InChI=1S/C12H11N7O3/c13-10-9(19(21)22)5-15-11(18-10)14-4-6-1-2-7-8(3-6)17-12(20)16-7/h1-3,5H,4H2,(H2,16,17,20)(H3,13,14,15,18). The summed E-state index contributed by atoms with van der Waals surface area (Å²) in [5.41, 5.74) is 7.16. The van der Waals surface area contributed by atoms with E-state index < -0.39 is 4.92 Å². The molecule has 0 atom stereocenters. The fraction of sp³-hybridized carbons (Fsp3) is 0.0833. The Kier molecular flexibility index (Phi) is 3.18. The minimum absolute atomic E-state index is 0.186. The topological polar surface area (TPSA) is 156 Å². The van der Waals surface area contributed by atoms with E-state index in [1.165, 1.54) is 0 Å². The van der Waals surface area contributed by atoms with Crippen molar-refractivity contribution < 1.29 is 4.92 Å². The molecule has 3 aromatic rings. The molecule has 10 nitrogen and oxygen atoms in total. The molecule has 0 saturated carbocycles. The van der Waals surface area contributed by atoms with Gasteiger partial charge in [0.25, 0.3) is 0 Å². The third kappa shape index (κ3) is 2.57. The van der Waals surface area contributed by atoms with Crippen LogP contribution in [0.5, 0.6) is 0 Å². The molecular formula is C12H11N7O3. The maximum atomic E-state index is 11.2. The molecule has 22 heavy (non-hydrogen) atoms. The summed E-state index contributed by atoms with van der Waals surface area (Å²) in [6.07, 6.45) is 1.05. The van der Waals surface area contributed by atoms with Crippen molar-refractivity contribution in [3.05, 3.63) is 50.6 Å². The first-order chi connectivity index (χ1) is 10.5. The molecule has 10 heteroatoms. The molecule has 0 aliphatic carbocycles. The molecule has 2 heterocycles. The first-order valence-electron chi connectivity index (χ1n) is 6.24. The second kappa shape index (κ2) is 5.16. The van der Waals surface area contributed by atoms with Crippen molar-refractivity contribution in [2.45, 2.75) is 6.54 Å². The average Bonchev–Trinajstić information content (AvgIpc) is 2.84. The van der Waals surface area contributed by atoms with E-state index in [0.717, 1.165) is 11.8 Å². The Morgan fingerprint density at radius 3 is 2.82 bits per heavy atom. The van der Waals surface area contributed by atoms with Crippen LogP contribution in [0.15, 0.2) is 29.2 Å². The molecule has 0 fully saturated rings. The summed E-state index contributed by atoms with van der Waals surface area (Å²) in [6, 6.07) is 5.40. The van der Waals surface area contributed by atoms with Crippen molar-refractivity contribution >= 4 is 28.5 Å². The number of hydrogen-bond donors (Lipinski definition) is 4. The Hall–Kier alpha value is -3.43. The highest BCUT2D eigenvalue weighted by atomic mass is 16.6. The van der Waals surface area contributed by atoms with E-state index in [9.17, 15) is 14.9 Å². The van der Waals surface area contributed by atoms with E-state index in [4.69, 9.17) is 5.73 Å². The van der Waals surface area contributed by atoms with Gasteiger partial charge in [0.1, 0.15) is 6.20 Å².